The molecule has 0 bridgehead atoms. The third-order valence-electron chi connectivity index (χ3n) is 3.32. The first-order valence-electron chi connectivity index (χ1n) is 7.25. The van der Waals surface area contributed by atoms with E-state index in [2.05, 4.69) is 26.5 Å². The van der Waals surface area contributed by atoms with E-state index in [1.807, 2.05) is 63.2 Å². The SMILES string of the molecule is CC(=NNC(=O)COc1ccc(Br)c(C)c1)c1ccc(C)cc1. The molecule has 120 valence electrons. The van der Waals surface area contributed by atoms with Crippen LogP contribution in [0.2, 0.25) is 0 Å². The second-order valence-electron chi connectivity index (χ2n) is 5.30. The summed E-state index contributed by atoms with van der Waals surface area (Å²) in [5, 5.41) is 4.10. The van der Waals surface area contributed by atoms with Crippen LogP contribution >= 0.6 is 15.9 Å². The molecule has 0 unspecified atom stereocenters. The summed E-state index contributed by atoms with van der Waals surface area (Å²) in [6, 6.07) is 13.5. The fraction of sp³-hybridized carbons (Fsp3) is 0.222. The van der Waals surface area contributed by atoms with Crippen molar-refractivity contribution in [1.29, 1.82) is 0 Å². The van der Waals surface area contributed by atoms with Gasteiger partial charge in [-0.2, -0.15) is 5.10 Å². The molecule has 0 aromatic heterocycles. The highest BCUT2D eigenvalue weighted by Gasteiger charge is 2.04. The number of carbonyl (C=O) groups excluding carboxylic acids is 1. The molecule has 0 aliphatic carbocycles. The van der Waals surface area contributed by atoms with Crippen LogP contribution in [0.25, 0.3) is 0 Å². The smallest absolute Gasteiger partial charge is 0.277 e. The van der Waals surface area contributed by atoms with Gasteiger partial charge < -0.3 is 4.74 Å². The summed E-state index contributed by atoms with van der Waals surface area (Å²) in [7, 11) is 0. The number of nitrogens with zero attached hydrogens (tertiary/aromatic N) is 1. The maximum atomic E-state index is 11.8. The lowest BCUT2D eigenvalue weighted by molar-refractivity contribution is -0.123. The van der Waals surface area contributed by atoms with E-state index < -0.39 is 0 Å². The summed E-state index contributed by atoms with van der Waals surface area (Å²) in [5.74, 6) is 0.358. The Morgan fingerprint density at radius 2 is 1.87 bits per heavy atom. The van der Waals surface area contributed by atoms with Gasteiger partial charge in [-0.1, -0.05) is 45.8 Å². The molecule has 5 heteroatoms. The van der Waals surface area contributed by atoms with Crippen molar-refractivity contribution in [2.45, 2.75) is 20.8 Å². The monoisotopic (exact) mass is 374 g/mol. The number of hydrazone groups is 1. The fourth-order valence-corrected chi connectivity index (χ4v) is 2.14. The lowest BCUT2D eigenvalue weighted by Crippen LogP contribution is -2.25. The predicted octanol–water partition coefficient (Wildman–Crippen LogP) is 3.99. The molecule has 2 aromatic carbocycles. The predicted molar refractivity (Wildman–Crippen MR) is 95.9 cm³/mol. The molecule has 0 saturated heterocycles. The van der Waals surface area contributed by atoms with Crippen LogP contribution in [-0.4, -0.2) is 18.2 Å². The minimum Gasteiger partial charge on any atom is -0.484 e. The van der Waals surface area contributed by atoms with E-state index in [-0.39, 0.29) is 12.5 Å². The van der Waals surface area contributed by atoms with Gasteiger partial charge in [-0.25, -0.2) is 5.43 Å². The molecule has 1 amide bonds. The second kappa shape index (κ2) is 7.92. The molecule has 0 radical (unpaired) electrons. The zero-order valence-corrected chi connectivity index (χ0v) is 15.0. The number of amides is 1. The number of nitrogens with one attached hydrogen (secondary N) is 1. The zero-order chi connectivity index (χ0) is 16.8. The van der Waals surface area contributed by atoms with Gasteiger partial charge in [-0.05, 0) is 50.1 Å². The molecule has 0 saturated carbocycles. The molecular weight excluding hydrogens is 356 g/mol. The van der Waals surface area contributed by atoms with Gasteiger partial charge in [0.05, 0.1) is 5.71 Å². The Bertz CT molecular complexity index is 724. The summed E-state index contributed by atoms with van der Waals surface area (Å²) in [6.45, 7) is 5.76. The van der Waals surface area contributed by atoms with E-state index in [9.17, 15) is 4.79 Å². The number of carbonyl (C=O) groups is 1. The van der Waals surface area contributed by atoms with Crippen LogP contribution < -0.4 is 10.2 Å². The number of aryl methyl sites for hydroxylation is 2. The van der Waals surface area contributed by atoms with Crippen molar-refractivity contribution in [1.82, 2.24) is 5.43 Å². The molecule has 0 aliphatic heterocycles. The number of hydrogen-bond acceptors (Lipinski definition) is 3. The molecule has 2 rings (SSSR count). The Hall–Kier alpha value is -2.14. The minimum absolute atomic E-state index is 0.0776. The van der Waals surface area contributed by atoms with Gasteiger partial charge in [0, 0.05) is 4.47 Å². The summed E-state index contributed by atoms with van der Waals surface area (Å²) in [5.41, 5.74) is 6.46. The van der Waals surface area contributed by atoms with Crippen molar-refractivity contribution in [2.24, 2.45) is 5.10 Å². The van der Waals surface area contributed by atoms with Crippen molar-refractivity contribution >= 4 is 27.5 Å². The van der Waals surface area contributed by atoms with Gasteiger partial charge in [0.1, 0.15) is 5.75 Å². The average molecular weight is 375 g/mol. The van der Waals surface area contributed by atoms with Crippen molar-refractivity contribution in [3.8, 4) is 5.75 Å². The van der Waals surface area contributed by atoms with Gasteiger partial charge in [-0.3, -0.25) is 4.79 Å². The standard InChI is InChI=1S/C18H19BrN2O2/c1-12-4-6-15(7-5-12)14(3)20-21-18(22)11-23-16-8-9-17(19)13(2)10-16/h4-10H,11H2,1-3H3,(H,21,22). The Balaban J connectivity index is 1.88. The topological polar surface area (TPSA) is 50.7 Å². The van der Waals surface area contributed by atoms with Crippen molar-refractivity contribution in [3.63, 3.8) is 0 Å². The van der Waals surface area contributed by atoms with Crippen LogP contribution in [0.3, 0.4) is 0 Å². The van der Waals surface area contributed by atoms with Gasteiger partial charge >= 0.3 is 0 Å². The summed E-state index contributed by atoms with van der Waals surface area (Å²) in [6.07, 6.45) is 0. The highest BCUT2D eigenvalue weighted by molar-refractivity contribution is 9.10. The molecule has 0 heterocycles. The quantitative estimate of drug-likeness (QED) is 0.635. The minimum atomic E-state index is -0.294. The molecule has 23 heavy (non-hydrogen) atoms. The molecule has 0 spiro atoms. The van der Waals surface area contributed by atoms with Crippen LogP contribution in [0, 0.1) is 13.8 Å². The van der Waals surface area contributed by atoms with E-state index in [1.54, 1.807) is 0 Å². The Labute approximate surface area is 144 Å². The fourth-order valence-electron chi connectivity index (χ4n) is 1.89. The van der Waals surface area contributed by atoms with E-state index in [0.717, 1.165) is 21.3 Å². The first-order chi connectivity index (χ1) is 11.0. The van der Waals surface area contributed by atoms with Crippen LogP contribution in [0.4, 0.5) is 0 Å². The lowest BCUT2D eigenvalue weighted by atomic mass is 10.1. The lowest BCUT2D eigenvalue weighted by Gasteiger charge is -2.07. The van der Waals surface area contributed by atoms with Gasteiger partial charge in [0.25, 0.3) is 5.91 Å². The molecule has 0 aliphatic rings. The molecule has 0 fully saturated rings. The molecular formula is C18H19BrN2O2. The van der Waals surface area contributed by atoms with E-state index in [0.29, 0.717) is 5.75 Å². The Morgan fingerprint density at radius 1 is 1.17 bits per heavy atom. The van der Waals surface area contributed by atoms with Crippen LogP contribution in [0.15, 0.2) is 52.0 Å². The highest BCUT2D eigenvalue weighted by Crippen LogP contribution is 2.21. The summed E-state index contributed by atoms with van der Waals surface area (Å²) in [4.78, 5) is 11.8. The van der Waals surface area contributed by atoms with E-state index in [1.165, 1.54) is 5.56 Å². The molecule has 0 atom stereocenters. The van der Waals surface area contributed by atoms with Gasteiger partial charge in [-0.15, -0.1) is 0 Å². The van der Waals surface area contributed by atoms with Crippen molar-refractivity contribution in [3.05, 3.63) is 63.6 Å². The summed E-state index contributed by atoms with van der Waals surface area (Å²) >= 11 is 3.42. The number of benzene rings is 2. The van der Waals surface area contributed by atoms with Crippen molar-refractivity contribution < 1.29 is 9.53 Å². The third kappa shape index (κ3) is 5.21. The maximum Gasteiger partial charge on any atom is 0.277 e. The number of ether oxygens (including phenoxy) is 1. The number of hydrogen-bond donors (Lipinski definition) is 1. The molecule has 1 N–H and O–H groups in total. The molecule has 4 nitrogen and oxygen atoms in total. The van der Waals surface area contributed by atoms with Crippen LogP contribution in [-0.2, 0) is 4.79 Å². The number of rotatable bonds is 5. The normalized spacial score (nSPS) is 11.2. The van der Waals surface area contributed by atoms with Gasteiger partial charge in [0.15, 0.2) is 6.61 Å². The van der Waals surface area contributed by atoms with E-state index >= 15 is 0 Å². The highest BCUT2D eigenvalue weighted by atomic mass is 79.9. The summed E-state index contributed by atoms with van der Waals surface area (Å²) < 4.78 is 6.46. The Morgan fingerprint density at radius 3 is 2.52 bits per heavy atom. The third-order valence-corrected chi connectivity index (χ3v) is 4.21. The molecule has 2 aromatic rings. The van der Waals surface area contributed by atoms with Crippen molar-refractivity contribution in [2.75, 3.05) is 6.61 Å². The number of halogens is 1. The largest absolute Gasteiger partial charge is 0.484 e. The van der Waals surface area contributed by atoms with Gasteiger partial charge in [0.2, 0.25) is 0 Å². The second-order valence-corrected chi connectivity index (χ2v) is 6.15. The van der Waals surface area contributed by atoms with Crippen LogP contribution in [0.5, 0.6) is 5.75 Å². The maximum absolute atomic E-state index is 11.8. The first-order valence-corrected chi connectivity index (χ1v) is 8.04. The Kier molecular flexibility index (Phi) is 5.93. The first kappa shape index (κ1) is 17.2. The average Bonchev–Trinajstić information content (AvgIpc) is 2.54. The van der Waals surface area contributed by atoms with E-state index in [4.69, 9.17) is 4.74 Å². The van der Waals surface area contributed by atoms with Crippen LogP contribution in [0.1, 0.15) is 23.6 Å². The zero-order valence-electron chi connectivity index (χ0n) is 13.4.